The molecule has 9 aromatic carbocycles. The fourth-order valence-electron chi connectivity index (χ4n) is 8.33. The molecule has 0 amide bonds. The highest BCUT2D eigenvalue weighted by Gasteiger charge is 2.28. The molecular formula is C56H44N2S. The summed E-state index contributed by atoms with van der Waals surface area (Å²) in [4.78, 5) is 4.94. The van der Waals surface area contributed by atoms with Gasteiger partial charge in [0.2, 0.25) is 0 Å². The van der Waals surface area contributed by atoms with Gasteiger partial charge in [0.15, 0.2) is 0 Å². The topological polar surface area (TPSA) is 6.48 Å². The lowest BCUT2D eigenvalue weighted by molar-refractivity contribution is 0.590. The van der Waals surface area contributed by atoms with Crippen LogP contribution in [0.25, 0.3) is 53.2 Å². The molecule has 1 aromatic heterocycles. The Labute approximate surface area is 350 Å². The quantitative estimate of drug-likeness (QED) is 0.152. The summed E-state index contributed by atoms with van der Waals surface area (Å²) in [6.07, 6.45) is 0. The molecule has 0 N–H and O–H groups in total. The van der Waals surface area contributed by atoms with E-state index in [0.29, 0.717) is 0 Å². The van der Waals surface area contributed by atoms with Gasteiger partial charge >= 0.3 is 0 Å². The normalized spacial score (nSPS) is 11.6. The van der Waals surface area contributed by atoms with E-state index in [1.807, 2.05) is 11.3 Å². The SMILES string of the molecule is CC(C)(C)c1cc(N(c2ccccc2)c2ccc(-c3ccccc3)cc2)c(-c2ccc3ccccc3c2)c(N(c2ccccc2)c2ccc3c(c2)sc2ccccc23)c1. The third kappa shape index (κ3) is 6.94. The van der Waals surface area contributed by atoms with Crippen LogP contribution >= 0.6 is 11.3 Å². The smallest absolute Gasteiger partial charge is 0.0564 e. The zero-order valence-corrected chi connectivity index (χ0v) is 34.3. The molecule has 0 unspecified atom stereocenters. The average molecular weight is 777 g/mol. The first kappa shape index (κ1) is 36.4. The molecule has 284 valence electrons. The molecule has 0 spiro atoms. The van der Waals surface area contributed by atoms with Crippen LogP contribution in [-0.4, -0.2) is 0 Å². The summed E-state index contributed by atoms with van der Waals surface area (Å²) in [7, 11) is 0. The van der Waals surface area contributed by atoms with Crippen molar-refractivity contribution in [3.05, 3.63) is 218 Å². The lowest BCUT2D eigenvalue weighted by Gasteiger charge is -2.35. The van der Waals surface area contributed by atoms with Crippen LogP contribution in [-0.2, 0) is 5.41 Å². The number of hydrogen-bond donors (Lipinski definition) is 0. The summed E-state index contributed by atoms with van der Waals surface area (Å²) in [5.41, 5.74) is 12.4. The van der Waals surface area contributed by atoms with Crippen LogP contribution < -0.4 is 9.80 Å². The highest BCUT2D eigenvalue weighted by Crippen LogP contribution is 2.52. The van der Waals surface area contributed by atoms with Crippen LogP contribution in [0.2, 0.25) is 0 Å². The first-order valence-electron chi connectivity index (χ1n) is 20.3. The van der Waals surface area contributed by atoms with E-state index in [1.165, 1.54) is 47.6 Å². The second-order valence-electron chi connectivity index (χ2n) is 16.2. The molecule has 1 heterocycles. The van der Waals surface area contributed by atoms with Crippen LogP contribution in [0.1, 0.15) is 26.3 Å². The van der Waals surface area contributed by atoms with Crippen molar-refractivity contribution in [2.45, 2.75) is 26.2 Å². The number of anilines is 6. The highest BCUT2D eigenvalue weighted by atomic mass is 32.1. The number of fused-ring (bicyclic) bond motifs is 4. The molecule has 0 aliphatic heterocycles. The second kappa shape index (κ2) is 15.1. The van der Waals surface area contributed by atoms with Gasteiger partial charge in [-0.15, -0.1) is 11.3 Å². The first-order valence-corrected chi connectivity index (χ1v) is 21.2. The standard InChI is InChI=1S/C56H44N2S/c1-56(2,3)44-36-51(57(45-21-9-5-10-22-45)47-31-29-41(30-32-47)39-17-7-4-8-18-39)55(43-28-27-40-19-13-14-20-42(40)35-43)52(37-44)58(46-23-11-6-12-24-46)48-33-34-50-49-25-15-16-26-53(49)59-54(50)38-48/h4-38H,1-3H3. The van der Waals surface area contributed by atoms with E-state index in [4.69, 9.17) is 0 Å². The van der Waals surface area contributed by atoms with Crippen LogP contribution in [0.3, 0.4) is 0 Å². The third-order valence-electron chi connectivity index (χ3n) is 11.4. The largest absolute Gasteiger partial charge is 0.310 e. The minimum absolute atomic E-state index is 0.164. The van der Waals surface area contributed by atoms with E-state index in [-0.39, 0.29) is 5.41 Å². The number of para-hydroxylation sites is 2. The predicted molar refractivity (Wildman–Crippen MR) is 256 cm³/mol. The van der Waals surface area contributed by atoms with E-state index in [1.54, 1.807) is 0 Å². The Morgan fingerprint density at radius 1 is 0.356 bits per heavy atom. The third-order valence-corrected chi connectivity index (χ3v) is 12.5. The molecule has 10 rings (SSSR count). The van der Waals surface area contributed by atoms with Gasteiger partial charge in [-0.2, -0.15) is 0 Å². The fourth-order valence-corrected chi connectivity index (χ4v) is 9.47. The summed E-state index contributed by atoms with van der Waals surface area (Å²) < 4.78 is 2.57. The van der Waals surface area contributed by atoms with Crippen molar-refractivity contribution in [3.8, 4) is 22.3 Å². The fraction of sp³-hybridized carbons (Fsp3) is 0.0714. The summed E-state index contributed by atoms with van der Waals surface area (Å²) in [5.74, 6) is 0. The van der Waals surface area contributed by atoms with Crippen LogP contribution in [0.15, 0.2) is 212 Å². The van der Waals surface area contributed by atoms with Gasteiger partial charge in [-0.05, 0) is 111 Å². The summed E-state index contributed by atoms with van der Waals surface area (Å²) in [6, 6.07) is 77.6. The highest BCUT2D eigenvalue weighted by molar-refractivity contribution is 7.25. The molecule has 0 fully saturated rings. The van der Waals surface area contributed by atoms with Gasteiger partial charge in [0.05, 0.1) is 11.4 Å². The predicted octanol–water partition coefficient (Wildman–Crippen LogP) is 16.8. The lowest BCUT2D eigenvalue weighted by Crippen LogP contribution is -2.19. The second-order valence-corrected chi connectivity index (χ2v) is 17.3. The minimum Gasteiger partial charge on any atom is -0.310 e. The van der Waals surface area contributed by atoms with Gasteiger partial charge in [0.1, 0.15) is 0 Å². The van der Waals surface area contributed by atoms with Crippen LogP contribution in [0.4, 0.5) is 34.1 Å². The Hall–Kier alpha value is -6.94. The Morgan fingerprint density at radius 2 is 0.847 bits per heavy atom. The van der Waals surface area contributed by atoms with E-state index in [0.717, 1.165) is 45.3 Å². The molecule has 3 heteroatoms. The van der Waals surface area contributed by atoms with Crippen molar-refractivity contribution in [3.63, 3.8) is 0 Å². The molecule has 2 nitrogen and oxygen atoms in total. The Balaban J connectivity index is 1.30. The molecule has 0 radical (unpaired) electrons. The van der Waals surface area contributed by atoms with Crippen molar-refractivity contribution in [2.75, 3.05) is 9.80 Å². The molecule has 0 atom stereocenters. The summed E-state index contributed by atoms with van der Waals surface area (Å²) in [6.45, 7) is 6.97. The Kier molecular flexibility index (Phi) is 9.32. The summed E-state index contributed by atoms with van der Waals surface area (Å²) >= 11 is 1.86. The Bertz CT molecular complexity index is 3070. The molecule has 59 heavy (non-hydrogen) atoms. The maximum Gasteiger partial charge on any atom is 0.0564 e. The van der Waals surface area contributed by atoms with Gasteiger partial charge < -0.3 is 9.80 Å². The van der Waals surface area contributed by atoms with E-state index in [9.17, 15) is 0 Å². The monoisotopic (exact) mass is 776 g/mol. The number of rotatable bonds is 8. The molecule has 0 bridgehead atoms. The maximum atomic E-state index is 2.48. The summed E-state index contributed by atoms with van der Waals surface area (Å²) in [5, 5.41) is 5.02. The van der Waals surface area contributed by atoms with Crippen molar-refractivity contribution in [1.82, 2.24) is 0 Å². The molecule has 0 aliphatic carbocycles. The van der Waals surface area contributed by atoms with Gasteiger partial charge in [-0.3, -0.25) is 0 Å². The van der Waals surface area contributed by atoms with E-state index >= 15 is 0 Å². The molecule has 0 saturated carbocycles. The zero-order chi connectivity index (χ0) is 39.9. The molecule has 0 aliphatic rings. The number of nitrogens with zero attached hydrogens (tertiary/aromatic N) is 2. The van der Waals surface area contributed by atoms with E-state index < -0.39 is 0 Å². The van der Waals surface area contributed by atoms with Gasteiger partial charge in [-0.1, -0.05) is 160 Å². The molecule has 10 aromatic rings. The number of thiophene rings is 1. The zero-order valence-electron chi connectivity index (χ0n) is 33.5. The van der Waals surface area contributed by atoms with Crippen molar-refractivity contribution < 1.29 is 0 Å². The Morgan fingerprint density at radius 3 is 1.51 bits per heavy atom. The van der Waals surface area contributed by atoms with Crippen molar-refractivity contribution in [2.24, 2.45) is 0 Å². The van der Waals surface area contributed by atoms with Gasteiger partial charge in [0, 0.05) is 48.5 Å². The van der Waals surface area contributed by atoms with Crippen molar-refractivity contribution in [1.29, 1.82) is 0 Å². The van der Waals surface area contributed by atoms with Crippen LogP contribution in [0.5, 0.6) is 0 Å². The molecular weight excluding hydrogens is 733 g/mol. The van der Waals surface area contributed by atoms with Gasteiger partial charge in [0.25, 0.3) is 0 Å². The average Bonchev–Trinajstić information content (AvgIpc) is 3.65. The van der Waals surface area contributed by atoms with Gasteiger partial charge in [-0.25, -0.2) is 0 Å². The molecule has 0 saturated heterocycles. The lowest BCUT2D eigenvalue weighted by atomic mass is 9.83. The first-order chi connectivity index (χ1) is 28.9. The number of hydrogen-bond acceptors (Lipinski definition) is 3. The van der Waals surface area contributed by atoms with E-state index in [2.05, 4.69) is 243 Å². The minimum atomic E-state index is -0.164. The number of benzene rings is 9. The van der Waals surface area contributed by atoms with Crippen molar-refractivity contribution >= 4 is 76.4 Å². The maximum absolute atomic E-state index is 2.48. The van der Waals surface area contributed by atoms with Crippen LogP contribution in [0, 0.1) is 0 Å².